The van der Waals surface area contributed by atoms with Gasteiger partial charge in [0.15, 0.2) is 0 Å². The maximum absolute atomic E-state index is 5.34. The van der Waals surface area contributed by atoms with Crippen LogP contribution in [-0.2, 0) is 0 Å². The molecule has 72 valence electrons. The van der Waals surface area contributed by atoms with Gasteiger partial charge >= 0.3 is 0 Å². The average Bonchev–Trinajstić information content (AvgIpc) is 2.71. The molecule has 14 heavy (non-hydrogen) atoms. The molecule has 1 saturated heterocycles. The smallest absolute Gasteiger partial charge is 0.0398 e. The predicted octanol–water partition coefficient (Wildman–Crippen LogP) is 1.44. The first-order chi connectivity index (χ1) is 6.88. The van der Waals surface area contributed by atoms with Crippen molar-refractivity contribution < 1.29 is 0 Å². The van der Waals surface area contributed by atoms with Gasteiger partial charge in [-0.2, -0.15) is 0 Å². The second-order valence-electron chi connectivity index (χ2n) is 3.56. The van der Waals surface area contributed by atoms with Crippen molar-refractivity contribution in [3.05, 3.63) is 29.8 Å². The van der Waals surface area contributed by atoms with Crippen molar-refractivity contribution in [2.75, 3.05) is 18.4 Å². The van der Waals surface area contributed by atoms with Crippen molar-refractivity contribution in [3.8, 4) is 12.3 Å². The van der Waals surface area contributed by atoms with Crippen molar-refractivity contribution >= 4 is 5.69 Å². The Kier molecular flexibility index (Phi) is 2.71. The average molecular weight is 186 g/mol. The molecule has 1 fully saturated rings. The standard InChI is InChI=1S/C12H14N2/c1-2-10-4-3-5-11(8-10)14-12-6-7-13-9-12/h1,3-5,8,12-14H,6-7,9H2. The molecule has 1 aliphatic rings. The zero-order chi connectivity index (χ0) is 9.80. The fourth-order valence-corrected chi connectivity index (χ4v) is 1.71. The molecule has 2 nitrogen and oxygen atoms in total. The summed E-state index contributed by atoms with van der Waals surface area (Å²) in [5.41, 5.74) is 2.05. The zero-order valence-corrected chi connectivity index (χ0v) is 8.09. The highest BCUT2D eigenvalue weighted by Gasteiger charge is 2.13. The van der Waals surface area contributed by atoms with Gasteiger partial charge in [-0.1, -0.05) is 12.0 Å². The van der Waals surface area contributed by atoms with E-state index in [1.165, 1.54) is 6.42 Å². The van der Waals surface area contributed by atoms with Crippen LogP contribution in [0.4, 0.5) is 5.69 Å². The summed E-state index contributed by atoms with van der Waals surface area (Å²) in [5.74, 6) is 2.64. The first-order valence-corrected chi connectivity index (χ1v) is 4.92. The van der Waals surface area contributed by atoms with Gasteiger partial charge in [-0.05, 0) is 31.2 Å². The lowest BCUT2D eigenvalue weighted by Gasteiger charge is -2.12. The lowest BCUT2D eigenvalue weighted by molar-refractivity contribution is 0.793. The van der Waals surface area contributed by atoms with Crippen molar-refractivity contribution in [3.63, 3.8) is 0 Å². The van der Waals surface area contributed by atoms with E-state index >= 15 is 0 Å². The van der Waals surface area contributed by atoms with Gasteiger partial charge in [0.05, 0.1) is 0 Å². The zero-order valence-electron chi connectivity index (χ0n) is 8.09. The Morgan fingerprint density at radius 2 is 2.43 bits per heavy atom. The molecule has 0 spiro atoms. The lowest BCUT2D eigenvalue weighted by Crippen LogP contribution is -2.21. The molecule has 1 unspecified atom stereocenters. The van der Waals surface area contributed by atoms with E-state index < -0.39 is 0 Å². The van der Waals surface area contributed by atoms with E-state index in [4.69, 9.17) is 6.42 Å². The Labute approximate surface area is 84.7 Å². The fourth-order valence-electron chi connectivity index (χ4n) is 1.71. The molecule has 1 aromatic carbocycles. The Bertz CT molecular complexity index is 346. The van der Waals surface area contributed by atoms with E-state index in [2.05, 4.69) is 22.6 Å². The molecule has 0 radical (unpaired) electrons. The third-order valence-electron chi connectivity index (χ3n) is 2.46. The molecular weight excluding hydrogens is 172 g/mol. The summed E-state index contributed by atoms with van der Waals surface area (Å²) in [6, 6.07) is 8.54. The molecule has 2 rings (SSSR count). The summed E-state index contributed by atoms with van der Waals surface area (Å²) in [7, 11) is 0. The maximum atomic E-state index is 5.34. The predicted molar refractivity (Wildman–Crippen MR) is 59.3 cm³/mol. The van der Waals surface area contributed by atoms with E-state index in [0.29, 0.717) is 6.04 Å². The molecule has 0 bridgehead atoms. The van der Waals surface area contributed by atoms with Crippen LogP contribution in [0.5, 0.6) is 0 Å². The molecular formula is C12H14N2. The molecule has 0 aromatic heterocycles. The summed E-state index contributed by atoms with van der Waals surface area (Å²) >= 11 is 0. The molecule has 1 aromatic rings. The number of benzene rings is 1. The molecule has 2 N–H and O–H groups in total. The van der Waals surface area contributed by atoms with Crippen LogP contribution in [0, 0.1) is 12.3 Å². The second-order valence-corrected chi connectivity index (χ2v) is 3.56. The van der Waals surface area contributed by atoms with Crippen molar-refractivity contribution in [2.24, 2.45) is 0 Å². The molecule has 1 atom stereocenters. The molecule has 0 aliphatic carbocycles. The highest BCUT2D eigenvalue weighted by atomic mass is 15.0. The third kappa shape index (κ3) is 2.07. The minimum atomic E-state index is 0.544. The number of rotatable bonds is 2. The van der Waals surface area contributed by atoms with Crippen LogP contribution in [0.15, 0.2) is 24.3 Å². The Hall–Kier alpha value is -1.46. The summed E-state index contributed by atoms with van der Waals surface area (Å²) in [6.07, 6.45) is 6.52. The highest BCUT2D eigenvalue weighted by molar-refractivity contribution is 5.50. The monoisotopic (exact) mass is 186 g/mol. The van der Waals surface area contributed by atoms with Gasteiger partial charge < -0.3 is 10.6 Å². The first kappa shape index (κ1) is 9.11. The van der Waals surface area contributed by atoms with Crippen LogP contribution in [0.2, 0.25) is 0 Å². The van der Waals surface area contributed by atoms with Crippen molar-refractivity contribution in [1.29, 1.82) is 0 Å². The number of anilines is 1. The number of terminal acetylenes is 1. The van der Waals surface area contributed by atoms with Gasteiger partial charge in [0.2, 0.25) is 0 Å². The van der Waals surface area contributed by atoms with Gasteiger partial charge in [-0.15, -0.1) is 6.42 Å². The molecule has 1 aliphatic heterocycles. The van der Waals surface area contributed by atoms with E-state index in [-0.39, 0.29) is 0 Å². The highest BCUT2D eigenvalue weighted by Crippen LogP contribution is 2.13. The Balaban J connectivity index is 2.05. The normalized spacial score (nSPS) is 20.4. The van der Waals surface area contributed by atoms with Gasteiger partial charge in [0, 0.05) is 23.8 Å². The van der Waals surface area contributed by atoms with Crippen LogP contribution >= 0.6 is 0 Å². The van der Waals surface area contributed by atoms with Crippen LogP contribution in [0.1, 0.15) is 12.0 Å². The fraction of sp³-hybridized carbons (Fsp3) is 0.333. The summed E-state index contributed by atoms with van der Waals surface area (Å²) in [4.78, 5) is 0. The maximum Gasteiger partial charge on any atom is 0.0398 e. The van der Waals surface area contributed by atoms with Crippen LogP contribution in [-0.4, -0.2) is 19.1 Å². The van der Waals surface area contributed by atoms with Gasteiger partial charge in [0.1, 0.15) is 0 Å². The first-order valence-electron chi connectivity index (χ1n) is 4.92. The minimum Gasteiger partial charge on any atom is -0.381 e. The van der Waals surface area contributed by atoms with E-state index in [1.807, 2.05) is 18.2 Å². The SMILES string of the molecule is C#Cc1cccc(NC2CCNC2)c1. The third-order valence-corrected chi connectivity index (χ3v) is 2.46. The lowest BCUT2D eigenvalue weighted by atomic mass is 10.2. The quantitative estimate of drug-likeness (QED) is 0.683. The van der Waals surface area contributed by atoms with Gasteiger partial charge in [-0.3, -0.25) is 0 Å². The van der Waals surface area contributed by atoms with Crippen molar-refractivity contribution in [1.82, 2.24) is 5.32 Å². The largest absolute Gasteiger partial charge is 0.381 e. The summed E-state index contributed by atoms with van der Waals surface area (Å²) < 4.78 is 0. The number of hydrogen-bond acceptors (Lipinski definition) is 2. The van der Waals surface area contributed by atoms with E-state index in [1.54, 1.807) is 0 Å². The van der Waals surface area contributed by atoms with Crippen LogP contribution in [0.3, 0.4) is 0 Å². The Morgan fingerprint density at radius 1 is 1.50 bits per heavy atom. The summed E-state index contributed by atoms with van der Waals surface area (Å²) in [6.45, 7) is 2.15. The van der Waals surface area contributed by atoms with Crippen molar-refractivity contribution in [2.45, 2.75) is 12.5 Å². The Morgan fingerprint density at radius 3 is 3.14 bits per heavy atom. The second kappa shape index (κ2) is 4.17. The number of hydrogen-bond donors (Lipinski definition) is 2. The van der Waals surface area contributed by atoms with E-state index in [9.17, 15) is 0 Å². The molecule has 0 amide bonds. The molecule has 1 heterocycles. The van der Waals surface area contributed by atoms with Gasteiger partial charge in [0.25, 0.3) is 0 Å². The molecule has 0 saturated carbocycles. The van der Waals surface area contributed by atoms with E-state index in [0.717, 1.165) is 24.3 Å². The van der Waals surface area contributed by atoms with Crippen LogP contribution in [0.25, 0.3) is 0 Å². The summed E-state index contributed by atoms with van der Waals surface area (Å²) in [5, 5.41) is 6.78. The number of nitrogens with one attached hydrogen (secondary N) is 2. The molecule has 2 heteroatoms. The minimum absolute atomic E-state index is 0.544. The van der Waals surface area contributed by atoms with Crippen LogP contribution < -0.4 is 10.6 Å². The van der Waals surface area contributed by atoms with Gasteiger partial charge in [-0.25, -0.2) is 0 Å². The topological polar surface area (TPSA) is 24.1 Å².